The fraction of sp³-hybridized carbons (Fsp3) is 0. The number of carbonyl (C=O) groups excluding carboxylic acids is 2. The molecular weight excluding hydrogens is 411 g/mol. The van der Waals surface area contributed by atoms with Gasteiger partial charge in [-0.3, -0.25) is 9.59 Å². The maximum absolute atomic E-state index is 12.9. The number of phenols is 1. The predicted octanol–water partition coefficient (Wildman–Crippen LogP) is 5.36. The number of aromatic hydroxyl groups is 1. The SMILES string of the molecule is O=C(Nc1ccccc1Cl)C(=Cc1cccc(O)c1)C(=O)Nc1ccccc1Cl. The van der Waals surface area contributed by atoms with Crippen molar-refractivity contribution in [1.29, 1.82) is 0 Å². The quantitative estimate of drug-likeness (QED) is 0.291. The van der Waals surface area contributed by atoms with Gasteiger partial charge in [-0.05, 0) is 48.0 Å². The number of benzene rings is 3. The molecule has 0 radical (unpaired) electrons. The average molecular weight is 427 g/mol. The van der Waals surface area contributed by atoms with Crippen LogP contribution in [0.15, 0.2) is 78.4 Å². The predicted molar refractivity (Wildman–Crippen MR) is 116 cm³/mol. The molecule has 0 aliphatic carbocycles. The van der Waals surface area contributed by atoms with Gasteiger partial charge < -0.3 is 15.7 Å². The summed E-state index contributed by atoms with van der Waals surface area (Å²) in [5.41, 5.74) is 1.03. The number of rotatable bonds is 5. The molecule has 0 fully saturated rings. The smallest absolute Gasteiger partial charge is 0.261 e. The summed E-state index contributed by atoms with van der Waals surface area (Å²) in [5.74, 6) is -1.31. The highest BCUT2D eigenvalue weighted by Gasteiger charge is 2.20. The van der Waals surface area contributed by atoms with Crippen molar-refractivity contribution in [2.24, 2.45) is 0 Å². The van der Waals surface area contributed by atoms with E-state index >= 15 is 0 Å². The Morgan fingerprint density at radius 2 is 1.28 bits per heavy atom. The molecule has 0 saturated carbocycles. The van der Waals surface area contributed by atoms with Gasteiger partial charge in [0, 0.05) is 0 Å². The van der Waals surface area contributed by atoms with E-state index in [1.165, 1.54) is 18.2 Å². The van der Waals surface area contributed by atoms with E-state index in [0.717, 1.165) is 0 Å². The second-order valence-electron chi connectivity index (χ2n) is 6.02. The summed E-state index contributed by atoms with van der Waals surface area (Å²) in [4.78, 5) is 25.8. The van der Waals surface area contributed by atoms with Crippen LogP contribution in [-0.4, -0.2) is 16.9 Å². The third-order valence-electron chi connectivity index (χ3n) is 3.91. The molecule has 0 heterocycles. The van der Waals surface area contributed by atoms with E-state index in [1.807, 2.05) is 0 Å². The number of anilines is 2. The van der Waals surface area contributed by atoms with Gasteiger partial charge in [-0.25, -0.2) is 0 Å². The number of hydrogen-bond acceptors (Lipinski definition) is 3. The molecule has 29 heavy (non-hydrogen) atoms. The first-order chi connectivity index (χ1) is 13.9. The van der Waals surface area contributed by atoms with Gasteiger partial charge in [-0.15, -0.1) is 0 Å². The van der Waals surface area contributed by atoms with Crippen molar-refractivity contribution in [2.75, 3.05) is 10.6 Å². The first kappa shape index (κ1) is 20.5. The molecule has 0 saturated heterocycles. The molecule has 146 valence electrons. The Kier molecular flexibility index (Phi) is 6.54. The normalized spacial score (nSPS) is 10.1. The molecule has 0 bridgehead atoms. The highest BCUT2D eigenvalue weighted by molar-refractivity contribution is 6.36. The minimum absolute atomic E-state index is 0.0103. The minimum Gasteiger partial charge on any atom is -0.508 e. The van der Waals surface area contributed by atoms with Crippen molar-refractivity contribution in [3.63, 3.8) is 0 Å². The summed E-state index contributed by atoms with van der Waals surface area (Å²) in [6.07, 6.45) is 1.37. The van der Waals surface area contributed by atoms with Crippen molar-refractivity contribution in [2.45, 2.75) is 0 Å². The van der Waals surface area contributed by atoms with Crippen molar-refractivity contribution >= 4 is 52.5 Å². The molecular formula is C22H16Cl2N2O3. The first-order valence-electron chi connectivity index (χ1n) is 8.56. The molecule has 0 aromatic heterocycles. The number of para-hydroxylation sites is 2. The lowest BCUT2D eigenvalue weighted by atomic mass is 10.1. The van der Waals surface area contributed by atoms with Crippen LogP contribution in [0.5, 0.6) is 5.75 Å². The Morgan fingerprint density at radius 1 is 0.759 bits per heavy atom. The van der Waals surface area contributed by atoms with E-state index in [0.29, 0.717) is 27.0 Å². The Bertz CT molecular complexity index is 1040. The zero-order chi connectivity index (χ0) is 20.8. The molecule has 0 aliphatic heterocycles. The Hall–Kier alpha value is -3.28. The zero-order valence-electron chi connectivity index (χ0n) is 15.0. The van der Waals surface area contributed by atoms with E-state index in [2.05, 4.69) is 10.6 Å². The Balaban J connectivity index is 1.95. The lowest BCUT2D eigenvalue weighted by Gasteiger charge is -2.12. The molecule has 0 aliphatic rings. The van der Waals surface area contributed by atoms with Crippen LogP contribution in [-0.2, 0) is 9.59 Å². The van der Waals surface area contributed by atoms with Crippen LogP contribution < -0.4 is 10.6 Å². The standard InChI is InChI=1S/C22H16Cl2N2O3/c23-17-8-1-3-10-19(17)25-21(28)16(13-14-6-5-7-15(27)12-14)22(29)26-20-11-4-2-9-18(20)24/h1-13,27H,(H,25,28)(H,26,29). The van der Waals surface area contributed by atoms with Gasteiger partial charge in [0.05, 0.1) is 21.4 Å². The second-order valence-corrected chi connectivity index (χ2v) is 6.84. The van der Waals surface area contributed by atoms with Gasteiger partial charge in [0.2, 0.25) is 0 Å². The molecule has 3 aromatic carbocycles. The maximum Gasteiger partial charge on any atom is 0.261 e. The topological polar surface area (TPSA) is 78.4 Å². The van der Waals surface area contributed by atoms with Gasteiger partial charge >= 0.3 is 0 Å². The van der Waals surface area contributed by atoms with Crippen molar-refractivity contribution in [3.05, 3.63) is 94.0 Å². The van der Waals surface area contributed by atoms with Crippen LogP contribution in [0.1, 0.15) is 5.56 Å². The van der Waals surface area contributed by atoms with Gasteiger partial charge in [0.15, 0.2) is 0 Å². The number of hydrogen-bond donors (Lipinski definition) is 3. The molecule has 3 N–H and O–H groups in total. The summed E-state index contributed by atoms with van der Waals surface area (Å²) < 4.78 is 0. The molecule has 3 rings (SSSR count). The highest BCUT2D eigenvalue weighted by Crippen LogP contribution is 2.24. The van der Waals surface area contributed by atoms with Crippen LogP contribution in [0.3, 0.4) is 0 Å². The third kappa shape index (κ3) is 5.38. The van der Waals surface area contributed by atoms with E-state index in [1.54, 1.807) is 60.7 Å². The fourth-order valence-electron chi connectivity index (χ4n) is 2.52. The molecule has 5 nitrogen and oxygen atoms in total. The van der Waals surface area contributed by atoms with Gasteiger partial charge in [-0.2, -0.15) is 0 Å². The number of carbonyl (C=O) groups is 2. The van der Waals surface area contributed by atoms with Crippen molar-refractivity contribution in [1.82, 2.24) is 0 Å². The van der Waals surface area contributed by atoms with Crippen LogP contribution in [0.4, 0.5) is 11.4 Å². The summed E-state index contributed by atoms with van der Waals surface area (Å²) in [6, 6.07) is 19.6. The summed E-state index contributed by atoms with van der Waals surface area (Å²) in [5, 5.41) is 15.6. The van der Waals surface area contributed by atoms with Gasteiger partial charge in [0.25, 0.3) is 11.8 Å². The third-order valence-corrected chi connectivity index (χ3v) is 4.57. The maximum atomic E-state index is 12.9. The average Bonchev–Trinajstić information content (AvgIpc) is 2.69. The lowest BCUT2D eigenvalue weighted by Crippen LogP contribution is -2.25. The Morgan fingerprint density at radius 3 is 1.76 bits per heavy atom. The summed E-state index contributed by atoms with van der Waals surface area (Å²) in [7, 11) is 0. The number of halogens is 2. The number of nitrogens with one attached hydrogen (secondary N) is 2. The molecule has 7 heteroatoms. The van der Waals surface area contributed by atoms with Crippen molar-refractivity contribution in [3.8, 4) is 5.75 Å². The molecule has 0 spiro atoms. The molecule has 0 atom stereocenters. The summed E-state index contributed by atoms with van der Waals surface area (Å²) in [6.45, 7) is 0. The van der Waals surface area contributed by atoms with Crippen molar-refractivity contribution < 1.29 is 14.7 Å². The highest BCUT2D eigenvalue weighted by atomic mass is 35.5. The molecule has 3 aromatic rings. The lowest BCUT2D eigenvalue weighted by molar-refractivity contribution is -0.118. The van der Waals surface area contributed by atoms with E-state index < -0.39 is 11.8 Å². The Labute approximate surface area is 177 Å². The molecule has 0 unspecified atom stereocenters. The van der Waals surface area contributed by atoms with Gasteiger partial charge in [0.1, 0.15) is 11.3 Å². The van der Waals surface area contributed by atoms with E-state index in [-0.39, 0.29) is 11.3 Å². The number of phenolic OH excluding ortho intramolecular Hbond substituents is 1. The minimum atomic E-state index is -0.661. The number of amides is 2. The van der Waals surface area contributed by atoms with E-state index in [9.17, 15) is 14.7 Å². The monoisotopic (exact) mass is 426 g/mol. The van der Waals surface area contributed by atoms with Crippen LogP contribution in [0, 0.1) is 0 Å². The van der Waals surface area contributed by atoms with Gasteiger partial charge in [-0.1, -0.05) is 59.6 Å². The molecule has 2 amide bonds. The van der Waals surface area contributed by atoms with Crippen LogP contribution >= 0.6 is 23.2 Å². The fourth-order valence-corrected chi connectivity index (χ4v) is 2.89. The van der Waals surface area contributed by atoms with E-state index in [4.69, 9.17) is 23.2 Å². The second kappa shape index (κ2) is 9.28. The largest absolute Gasteiger partial charge is 0.508 e. The van der Waals surface area contributed by atoms with Crippen LogP contribution in [0.25, 0.3) is 6.08 Å². The summed E-state index contributed by atoms with van der Waals surface area (Å²) >= 11 is 12.2. The zero-order valence-corrected chi connectivity index (χ0v) is 16.5. The van der Waals surface area contributed by atoms with Crippen LogP contribution in [0.2, 0.25) is 10.0 Å². The first-order valence-corrected chi connectivity index (χ1v) is 9.32.